The highest BCUT2D eigenvalue weighted by Crippen LogP contribution is 2.18. The molecule has 4 nitrogen and oxygen atoms in total. The fourth-order valence-corrected chi connectivity index (χ4v) is 0.858. The number of nitrogens with two attached hydrogens (primary N) is 1. The summed E-state index contributed by atoms with van der Waals surface area (Å²) in [5.74, 6) is 1.28. The van der Waals surface area contributed by atoms with Gasteiger partial charge in [0.1, 0.15) is 5.82 Å². The number of hydrogen-bond acceptors (Lipinski definition) is 4. The quantitative estimate of drug-likeness (QED) is 0.707. The van der Waals surface area contributed by atoms with Gasteiger partial charge in [-0.3, -0.25) is 0 Å². The van der Waals surface area contributed by atoms with Gasteiger partial charge in [0, 0.05) is 12.6 Å². The van der Waals surface area contributed by atoms with E-state index in [1.807, 2.05) is 13.1 Å². The first-order valence-electron chi connectivity index (χ1n) is 4.24. The van der Waals surface area contributed by atoms with Crippen LogP contribution in [-0.2, 0) is 0 Å². The summed E-state index contributed by atoms with van der Waals surface area (Å²) in [6.45, 7) is 6.35. The highest BCUT2D eigenvalue weighted by Gasteiger charge is 2.18. The van der Waals surface area contributed by atoms with Crippen LogP contribution in [-0.4, -0.2) is 22.8 Å². The minimum Gasteiger partial charge on any atom is -0.382 e. The molecular formula is C9H16N4. The maximum atomic E-state index is 5.44. The Bertz CT molecular complexity index is 273. The number of aromatic nitrogens is 2. The molecule has 13 heavy (non-hydrogen) atoms. The lowest BCUT2D eigenvalue weighted by Gasteiger charge is -2.32. The Kier molecular flexibility index (Phi) is 2.40. The Morgan fingerprint density at radius 1 is 1.23 bits per heavy atom. The Labute approximate surface area is 78.8 Å². The Morgan fingerprint density at radius 3 is 2.23 bits per heavy atom. The molecule has 0 radical (unpaired) electrons. The maximum Gasteiger partial charge on any atom is 0.151 e. The lowest BCUT2D eigenvalue weighted by atomic mass is 10.1. The summed E-state index contributed by atoms with van der Waals surface area (Å²) >= 11 is 0. The molecule has 0 atom stereocenters. The molecule has 2 N–H and O–H groups in total. The van der Waals surface area contributed by atoms with Gasteiger partial charge in [-0.05, 0) is 32.9 Å². The van der Waals surface area contributed by atoms with E-state index in [-0.39, 0.29) is 5.54 Å². The van der Waals surface area contributed by atoms with Gasteiger partial charge in [0.15, 0.2) is 5.82 Å². The standard InChI is InChI=1S/C9H16N4/c1-9(2,3)13(4)8-6-5-7(10)11-12-8/h5-6H,1-4H3,(H2,10,11). The minimum atomic E-state index is 0.0464. The molecule has 0 aliphatic carbocycles. The van der Waals surface area contributed by atoms with Gasteiger partial charge in [-0.15, -0.1) is 10.2 Å². The van der Waals surface area contributed by atoms with Gasteiger partial charge in [0.05, 0.1) is 0 Å². The topological polar surface area (TPSA) is 55.0 Å². The van der Waals surface area contributed by atoms with Crippen molar-refractivity contribution in [1.82, 2.24) is 10.2 Å². The molecule has 0 saturated carbocycles. The number of nitrogens with zero attached hydrogens (tertiary/aromatic N) is 3. The van der Waals surface area contributed by atoms with Gasteiger partial charge in [-0.25, -0.2) is 0 Å². The van der Waals surface area contributed by atoms with Crippen molar-refractivity contribution in [2.24, 2.45) is 0 Å². The van der Waals surface area contributed by atoms with Crippen LogP contribution >= 0.6 is 0 Å². The molecule has 1 rings (SSSR count). The van der Waals surface area contributed by atoms with Gasteiger partial charge < -0.3 is 10.6 Å². The van der Waals surface area contributed by atoms with Crippen LogP contribution in [0.1, 0.15) is 20.8 Å². The molecule has 0 unspecified atom stereocenters. The van der Waals surface area contributed by atoms with Crippen molar-refractivity contribution in [3.8, 4) is 0 Å². The zero-order valence-electron chi connectivity index (χ0n) is 8.57. The van der Waals surface area contributed by atoms with Crippen molar-refractivity contribution in [2.45, 2.75) is 26.3 Å². The van der Waals surface area contributed by atoms with Crippen LogP contribution in [0.5, 0.6) is 0 Å². The minimum absolute atomic E-state index is 0.0464. The van der Waals surface area contributed by atoms with E-state index < -0.39 is 0 Å². The van der Waals surface area contributed by atoms with E-state index in [1.165, 1.54) is 0 Å². The van der Waals surface area contributed by atoms with E-state index in [4.69, 9.17) is 5.73 Å². The van der Waals surface area contributed by atoms with Crippen LogP contribution in [0.2, 0.25) is 0 Å². The molecule has 1 aromatic rings. The third kappa shape index (κ3) is 2.31. The normalized spacial score (nSPS) is 11.4. The lowest BCUT2D eigenvalue weighted by molar-refractivity contribution is 0.532. The molecule has 0 amide bonds. The number of anilines is 2. The Balaban J connectivity index is 2.90. The van der Waals surface area contributed by atoms with Crippen molar-refractivity contribution >= 4 is 11.6 Å². The molecule has 0 spiro atoms. The average Bonchev–Trinajstić information content (AvgIpc) is 2.03. The summed E-state index contributed by atoms with van der Waals surface area (Å²) in [5, 5.41) is 7.80. The predicted molar refractivity (Wildman–Crippen MR) is 54.6 cm³/mol. The highest BCUT2D eigenvalue weighted by molar-refractivity contribution is 5.42. The molecule has 0 saturated heterocycles. The second kappa shape index (κ2) is 3.20. The van der Waals surface area contributed by atoms with Gasteiger partial charge >= 0.3 is 0 Å². The van der Waals surface area contributed by atoms with Crippen molar-refractivity contribution < 1.29 is 0 Å². The SMILES string of the molecule is CN(c1ccc(N)nn1)C(C)(C)C. The molecule has 0 aromatic carbocycles. The van der Waals surface area contributed by atoms with E-state index in [0.29, 0.717) is 5.82 Å². The predicted octanol–water partition coefficient (Wildman–Crippen LogP) is 1.29. The van der Waals surface area contributed by atoms with Crippen LogP contribution < -0.4 is 10.6 Å². The second-order valence-corrected chi connectivity index (χ2v) is 4.05. The van der Waals surface area contributed by atoms with Gasteiger partial charge in [0.25, 0.3) is 0 Å². The van der Waals surface area contributed by atoms with Crippen molar-refractivity contribution in [3.05, 3.63) is 12.1 Å². The lowest BCUT2D eigenvalue weighted by Crippen LogP contribution is -2.38. The van der Waals surface area contributed by atoms with Crippen LogP contribution in [0.4, 0.5) is 11.6 Å². The third-order valence-electron chi connectivity index (χ3n) is 2.02. The van der Waals surface area contributed by atoms with E-state index in [2.05, 4.69) is 35.9 Å². The largest absolute Gasteiger partial charge is 0.382 e. The smallest absolute Gasteiger partial charge is 0.151 e. The van der Waals surface area contributed by atoms with E-state index in [9.17, 15) is 0 Å². The zero-order chi connectivity index (χ0) is 10.1. The highest BCUT2D eigenvalue weighted by atomic mass is 15.3. The first-order valence-corrected chi connectivity index (χ1v) is 4.24. The Morgan fingerprint density at radius 2 is 1.85 bits per heavy atom. The van der Waals surface area contributed by atoms with Crippen LogP contribution in [0.15, 0.2) is 12.1 Å². The van der Waals surface area contributed by atoms with Crippen molar-refractivity contribution in [1.29, 1.82) is 0 Å². The Hall–Kier alpha value is -1.32. The van der Waals surface area contributed by atoms with Crippen LogP contribution in [0.3, 0.4) is 0 Å². The molecule has 0 fully saturated rings. The summed E-state index contributed by atoms with van der Waals surface area (Å²) in [7, 11) is 1.99. The summed E-state index contributed by atoms with van der Waals surface area (Å²) in [4.78, 5) is 2.06. The maximum absolute atomic E-state index is 5.44. The molecular weight excluding hydrogens is 164 g/mol. The molecule has 4 heteroatoms. The fourth-order valence-electron chi connectivity index (χ4n) is 0.858. The van der Waals surface area contributed by atoms with Gasteiger partial charge in [0.2, 0.25) is 0 Å². The van der Waals surface area contributed by atoms with E-state index in [1.54, 1.807) is 6.07 Å². The second-order valence-electron chi connectivity index (χ2n) is 4.05. The third-order valence-corrected chi connectivity index (χ3v) is 2.02. The molecule has 0 bridgehead atoms. The molecule has 0 aliphatic rings. The summed E-state index contributed by atoms with van der Waals surface area (Å²) < 4.78 is 0. The number of rotatable bonds is 1. The first kappa shape index (κ1) is 9.77. The van der Waals surface area contributed by atoms with E-state index in [0.717, 1.165) is 5.82 Å². The van der Waals surface area contributed by atoms with Crippen molar-refractivity contribution in [3.63, 3.8) is 0 Å². The van der Waals surface area contributed by atoms with Crippen LogP contribution in [0.25, 0.3) is 0 Å². The van der Waals surface area contributed by atoms with Crippen molar-refractivity contribution in [2.75, 3.05) is 17.7 Å². The number of hydrogen-bond donors (Lipinski definition) is 1. The first-order chi connectivity index (χ1) is 5.91. The fraction of sp³-hybridized carbons (Fsp3) is 0.556. The summed E-state index contributed by atoms with van der Waals surface area (Å²) in [5.41, 5.74) is 5.49. The summed E-state index contributed by atoms with van der Waals surface area (Å²) in [6.07, 6.45) is 0. The van der Waals surface area contributed by atoms with Gasteiger partial charge in [-0.1, -0.05) is 0 Å². The number of nitrogen functional groups attached to an aromatic ring is 1. The summed E-state index contributed by atoms with van der Waals surface area (Å²) in [6, 6.07) is 3.62. The van der Waals surface area contributed by atoms with Gasteiger partial charge in [-0.2, -0.15) is 0 Å². The zero-order valence-corrected chi connectivity index (χ0v) is 8.57. The van der Waals surface area contributed by atoms with E-state index >= 15 is 0 Å². The molecule has 1 heterocycles. The van der Waals surface area contributed by atoms with Crippen LogP contribution in [0, 0.1) is 0 Å². The molecule has 0 aliphatic heterocycles. The average molecular weight is 180 g/mol. The molecule has 72 valence electrons. The molecule has 1 aromatic heterocycles. The monoisotopic (exact) mass is 180 g/mol.